The molecule has 31 heavy (non-hydrogen) atoms. The van der Waals surface area contributed by atoms with Crippen molar-refractivity contribution in [3.63, 3.8) is 0 Å². The van der Waals surface area contributed by atoms with Gasteiger partial charge in [0.15, 0.2) is 0 Å². The summed E-state index contributed by atoms with van der Waals surface area (Å²) in [5, 5.41) is 4.92. The number of nitrogens with zero attached hydrogens (tertiary/aromatic N) is 2. The number of aromatic amines is 1. The number of hydrogen-bond donors (Lipinski definition) is 2. The maximum Gasteiger partial charge on any atom is 0.270 e. The van der Waals surface area contributed by atoms with Crippen LogP contribution in [0.25, 0.3) is 21.3 Å². The maximum atomic E-state index is 12.7. The van der Waals surface area contributed by atoms with Crippen LogP contribution in [-0.2, 0) is 11.3 Å². The third kappa shape index (κ3) is 3.98. The van der Waals surface area contributed by atoms with E-state index < -0.39 is 0 Å². The van der Waals surface area contributed by atoms with Gasteiger partial charge in [0.05, 0.1) is 24.2 Å². The molecule has 1 aliphatic rings. The van der Waals surface area contributed by atoms with Crippen LogP contribution in [0.3, 0.4) is 0 Å². The molecule has 7 nitrogen and oxygen atoms in total. The van der Waals surface area contributed by atoms with Crippen molar-refractivity contribution < 1.29 is 9.21 Å². The van der Waals surface area contributed by atoms with Crippen LogP contribution in [0.2, 0.25) is 0 Å². The first-order chi connectivity index (χ1) is 15.2. The molecule has 0 bridgehead atoms. The highest BCUT2D eigenvalue weighted by atomic mass is 32.1. The molecule has 5 rings (SSSR count). The van der Waals surface area contributed by atoms with Crippen molar-refractivity contribution in [3.8, 4) is 11.1 Å². The van der Waals surface area contributed by atoms with Crippen molar-refractivity contribution in [2.24, 2.45) is 5.92 Å². The summed E-state index contributed by atoms with van der Waals surface area (Å²) in [6, 6.07) is 13.6. The van der Waals surface area contributed by atoms with Crippen molar-refractivity contribution >= 4 is 33.4 Å². The largest absolute Gasteiger partial charge is 0.467 e. The normalized spacial score (nSPS) is 16.5. The molecule has 0 aliphatic carbocycles. The van der Waals surface area contributed by atoms with Gasteiger partial charge in [-0.15, -0.1) is 11.3 Å². The average Bonchev–Trinajstić information content (AvgIpc) is 3.48. The van der Waals surface area contributed by atoms with Crippen LogP contribution in [0.15, 0.2) is 63.3 Å². The van der Waals surface area contributed by atoms with E-state index in [2.05, 4.69) is 10.3 Å². The van der Waals surface area contributed by atoms with Crippen molar-refractivity contribution in [3.05, 3.63) is 70.2 Å². The van der Waals surface area contributed by atoms with Gasteiger partial charge in [0.1, 0.15) is 10.5 Å². The standard InChI is InChI=1S/C23H22N4O3S/c28-21(24-12-17-9-5-11-30-17)16-8-4-10-27(13-16)23-25-19-18(15-6-2-1-3-7-15)14-31-20(19)22(29)26-23/h1-3,5-7,9,11,14,16H,4,8,10,12-13H2,(H,24,28)(H,25,26,29). The van der Waals surface area contributed by atoms with Crippen molar-refractivity contribution in [1.82, 2.24) is 15.3 Å². The SMILES string of the molecule is O=C(NCc1ccco1)C1CCCN(c2nc3c(-c4ccccc4)csc3c(=O)[nH]2)C1. The Bertz CT molecular complexity index is 1250. The van der Waals surface area contributed by atoms with Crippen LogP contribution < -0.4 is 15.8 Å². The fraction of sp³-hybridized carbons (Fsp3) is 0.261. The Labute approximate surface area is 182 Å². The number of carbonyl (C=O) groups excluding carboxylic acids is 1. The van der Waals surface area contributed by atoms with E-state index in [4.69, 9.17) is 9.40 Å². The van der Waals surface area contributed by atoms with Crippen LogP contribution in [-0.4, -0.2) is 29.0 Å². The van der Waals surface area contributed by atoms with Crippen LogP contribution in [0.1, 0.15) is 18.6 Å². The zero-order valence-corrected chi connectivity index (χ0v) is 17.7. The second kappa shape index (κ2) is 8.39. The molecule has 1 unspecified atom stereocenters. The van der Waals surface area contributed by atoms with Gasteiger partial charge in [0, 0.05) is 24.0 Å². The minimum absolute atomic E-state index is 0.00923. The summed E-state index contributed by atoms with van der Waals surface area (Å²) in [7, 11) is 0. The van der Waals surface area contributed by atoms with E-state index in [-0.39, 0.29) is 17.4 Å². The highest BCUT2D eigenvalue weighted by molar-refractivity contribution is 7.17. The number of H-pyrrole nitrogens is 1. The quantitative estimate of drug-likeness (QED) is 0.499. The summed E-state index contributed by atoms with van der Waals surface area (Å²) in [5.41, 5.74) is 2.56. The lowest BCUT2D eigenvalue weighted by molar-refractivity contribution is -0.125. The second-order valence-corrected chi connectivity index (χ2v) is 8.54. The number of amides is 1. The van der Waals surface area contributed by atoms with Gasteiger partial charge in [0.25, 0.3) is 5.56 Å². The summed E-state index contributed by atoms with van der Waals surface area (Å²) in [5.74, 6) is 1.07. The van der Waals surface area contributed by atoms with E-state index in [0.29, 0.717) is 29.3 Å². The Kier molecular flexibility index (Phi) is 5.30. The topological polar surface area (TPSA) is 91.2 Å². The number of hydrogen-bond acceptors (Lipinski definition) is 6. The predicted octanol–water partition coefficient (Wildman–Crippen LogP) is 3.78. The summed E-state index contributed by atoms with van der Waals surface area (Å²) in [6.45, 7) is 1.64. The number of benzene rings is 1. The molecule has 1 amide bonds. The van der Waals surface area contributed by atoms with Crippen molar-refractivity contribution in [1.29, 1.82) is 0 Å². The molecular weight excluding hydrogens is 412 g/mol. The van der Waals surface area contributed by atoms with Gasteiger partial charge < -0.3 is 14.6 Å². The smallest absolute Gasteiger partial charge is 0.270 e. The Morgan fingerprint density at radius 2 is 2.13 bits per heavy atom. The van der Waals surface area contributed by atoms with Crippen molar-refractivity contribution in [2.45, 2.75) is 19.4 Å². The van der Waals surface area contributed by atoms with E-state index >= 15 is 0 Å². The van der Waals surface area contributed by atoms with E-state index in [1.807, 2.05) is 46.7 Å². The van der Waals surface area contributed by atoms with Gasteiger partial charge in [-0.2, -0.15) is 0 Å². The van der Waals surface area contributed by atoms with Gasteiger partial charge in [-0.25, -0.2) is 4.98 Å². The van der Waals surface area contributed by atoms with E-state index in [1.165, 1.54) is 11.3 Å². The van der Waals surface area contributed by atoms with Gasteiger partial charge in [0.2, 0.25) is 11.9 Å². The number of rotatable bonds is 5. The number of piperidine rings is 1. The molecule has 0 spiro atoms. The van der Waals surface area contributed by atoms with Crippen LogP contribution in [0.4, 0.5) is 5.95 Å². The number of anilines is 1. The van der Waals surface area contributed by atoms with Crippen LogP contribution >= 0.6 is 11.3 Å². The number of thiophene rings is 1. The lowest BCUT2D eigenvalue weighted by Gasteiger charge is -2.32. The van der Waals surface area contributed by atoms with Gasteiger partial charge in [-0.05, 0) is 30.5 Å². The molecule has 1 saturated heterocycles. The van der Waals surface area contributed by atoms with Gasteiger partial charge in [-0.1, -0.05) is 30.3 Å². The molecule has 4 heterocycles. The van der Waals surface area contributed by atoms with E-state index in [1.54, 1.807) is 12.3 Å². The minimum Gasteiger partial charge on any atom is -0.467 e. The molecular formula is C23H22N4O3S. The monoisotopic (exact) mass is 434 g/mol. The first-order valence-electron chi connectivity index (χ1n) is 10.3. The molecule has 8 heteroatoms. The van der Waals surface area contributed by atoms with E-state index in [9.17, 15) is 9.59 Å². The predicted molar refractivity (Wildman–Crippen MR) is 121 cm³/mol. The summed E-state index contributed by atoms with van der Waals surface area (Å²) in [6.07, 6.45) is 3.26. The molecule has 1 atom stereocenters. The highest BCUT2D eigenvalue weighted by Crippen LogP contribution is 2.32. The molecule has 1 fully saturated rings. The lowest BCUT2D eigenvalue weighted by Crippen LogP contribution is -2.43. The fourth-order valence-corrected chi connectivity index (χ4v) is 4.91. The van der Waals surface area contributed by atoms with E-state index in [0.717, 1.165) is 36.3 Å². The molecule has 158 valence electrons. The Hall–Kier alpha value is -3.39. The van der Waals surface area contributed by atoms with Crippen molar-refractivity contribution in [2.75, 3.05) is 18.0 Å². The summed E-state index contributed by atoms with van der Waals surface area (Å²) < 4.78 is 5.90. The number of aromatic nitrogens is 2. The molecule has 2 N–H and O–H groups in total. The Morgan fingerprint density at radius 1 is 1.26 bits per heavy atom. The van der Waals surface area contributed by atoms with Gasteiger partial charge in [-0.3, -0.25) is 14.6 Å². The highest BCUT2D eigenvalue weighted by Gasteiger charge is 2.27. The zero-order chi connectivity index (χ0) is 21.2. The molecule has 4 aromatic rings. The Morgan fingerprint density at radius 3 is 2.94 bits per heavy atom. The molecule has 0 radical (unpaired) electrons. The zero-order valence-electron chi connectivity index (χ0n) is 16.8. The third-order valence-corrected chi connectivity index (χ3v) is 6.58. The first kappa shape index (κ1) is 19.6. The number of fused-ring (bicyclic) bond motifs is 1. The lowest BCUT2D eigenvalue weighted by atomic mass is 9.97. The number of furan rings is 1. The molecule has 3 aromatic heterocycles. The second-order valence-electron chi connectivity index (χ2n) is 7.67. The first-order valence-corrected chi connectivity index (χ1v) is 11.2. The fourth-order valence-electron chi connectivity index (χ4n) is 4.00. The summed E-state index contributed by atoms with van der Waals surface area (Å²) >= 11 is 1.40. The minimum atomic E-state index is -0.166. The molecule has 1 aliphatic heterocycles. The molecule has 0 saturated carbocycles. The third-order valence-electron chi connectivity index (χ3n) is 5.61. The number of nitrogens with one attached hydrogen (secondary N) is 2. The maximum absolute atomic E-state index is 12.7. The molecule has 1 aromatic carbocycles. The number of carbonyl (C=O) groups is 1. The summed E-state index contributed by atoms with van der Waals surface area (Å²) in [4.78, 5) is 35.2. The van der Waals surface area contributed by atoms with Gasteiger partial charge >= 0.3 is 0 Å². The Balaban J connectivity index is 1.38. The average molecular weight is 435 g/mol. The van der Waals surface area contributed by atoms with Crippen LogP contribution in [0.5, 0.6) is 0 Å². The van der Waals surface area contributed by atoms with Crippen LogP contribution in [0, 0.1) is 5.92 Å².